The van der Waals surface area contributed by atoms with E-state index in [1.54, 1.807) is 0 Å². The van der Waals surface area contributed by atoms with Gasteiger partial charge in [-0.25, -0.2) is 0 Å². The molecule has 312 valence electrons. The summed E-state index contributed by atoms with van der Waals surface area (Å²) in [6, 6.07) is 61.6. The number of hydrogen-bond donors (Lipinski definition) is 1. The molecule has 0 saturated heterocycles. The van der Waals surface area contributed by atoms with E-state index in [0.717, 1.165) is 51.8 Å². The summed E-state index contributed by atoms with van der Waals surface area (Å²) in [7, 11) is 0. The zero-order valence-electron chi connectivity index (χ0n) is 35.7. The third-order valence-electron chi connectivity index (χ3n) is 14.5. The average Bonchev–Trinajstić information content (AvgIpc) is 4.11. The van der Waals surface area contributed by atoms with Crippen molar-refractivity contribution in [1.82, 2.24) is 9.88 Å². The molecule has 0 spiro atoms. The van der Waals surface area contributed by atoms with Crippen LogP contribution in [0.15, 0.2) is 197 Å². The number of aliphatic imine (C=N–C) groups is 1. The number of nitrogens with one attached hydrogen (secondary N) is 1. The molecule has 5 heterocycles. The fraction of sp³-hybridized carbons (Fsp3) is 0.136. The van der Waals surface area contributed by atoms with Gasteiger partial charge in [-0.1, -0.05) is 116 Å². The first-order valence-corrected chi connectivity index (χ1v) is 23.7. The second kappa shape index (κ2) is 14.4. The SMILES string of the molecule is CC1CC/C(c2ccc3sc4ccccc4c3c2)=N\C(c2ccc3oc4ccccc4c3c2)NC1C1=CC(n2c3ccccc3c3cc4ccccc4cc32)=CC2c3ccccc3OC12. The Morgan fingerprint density at radius 1 is 0.631 bits per heavy atom. The van der Waals surface area contributed by atoms with Crippen molar-refractivity contribution in [3.63, 3.8) is 0 Å². The summed E-state index contributed by atoms with van der Waals surface area (Å²) in [6.07, 6.45) is 6.22. The summed E-state index contributed by atoms with van der Waals surface area (Å²) in [5, 5.41) is 14.1. The minimum Gasteiger partial charge on any atom is -0.485 e. The van der Waals surface area contributed by atoms with Crippen LogP contribution in [0.1, 0.15) is 48.5 Å². The summed E-state index contributed by atoms with van der Waals surface area (Å²) in [6.45, 7) is 2.42. The predicted molar refractivity (Wildman–Crippen MR) is 271 cm³/mol. The molecule has 0 bridgehead atoms. The molecule has 1 N–H and O–H groups in total. The fourth-order valence-corrected chi connectivity index (χ4v) is 12.4. The number of aromatic nitrogens is 1. The van der Waals surface area contributed by atoms with Crippen molar-refractivity contribution < 1.29 is 9.15 Å². The minimum absolute atomic E-state index is 0.0376. The third kappa shape index (κ3) is 5.83. The number of allylic oxidation sites excluding steroid dienone is 2. The highest BCUT2D eigenvalue weighted by molar-refractivity contribution is 7.25. The lowest BCUT2D eigenvalue weighted by Gasteiger charge is -2.38. The van der Waals surface area contributed by atoms with Gasteiger partial charge in [0.15, 0.2) is 0 Å². The van der Waals surface area contributed by atoms with Crippen LogP contribution in [0.3, 0.4) is 0 Å². The van der Waals surface area contributed by atoms with Gasteiger partial charge in [0.25, 0.3) is 0 Å². The second-order valence-electron chi connectivity index (χ2n) is 18.2. The number of hydrogen-bond acceptors (Lipinski definition) is 5. The lowest BCUT2D eigenvalue weighted by atomic mass is 9.78. The van der Waals surface area contributed by atoms with Crippen LogP contribution < -0.4 is 10.1 Å². The maximum Gasteiger partial charge on any atom is 0.135 e. The smallest absolute Gasteiger partial charge is 0.135 e. The molecule has 14 rings (SSSR count). The molecule has 0 saturated carbocycles. The van der Waals surface area contributed by atoms with E-state index in [-0.39, 0.29) is 30.1 Å². The van der Waals surface area contributed by atoms with Crippen LogP contribution in [0.5, 0.6) is 5.75 Å². The Labute approximate surface area is 379 Å². The van der Waals surface area contributed by atoms with Gasteiger partial charge in [-0.3, -0.25) is 10.3 Å². The van der Waals surface area contributed by atoms with Gasteiger partial charge in [-0.2, -0.15) is 0 Å². The van der Waals surface area contributed by atoms with Crippen LogP contribution in [-0.2, 0) is 0 Å². The number of para-hydroxylation sites is 3. The van der Waals surface area contributed by atoms with Crippen molar-refractivity contribution in [1.29, 1.82) is 0 Å². The van der Waals surface area contributed by atoms with Crippen LogP contribution in [0.2, 0.25) is 0 Å². The largest absolute Gasteiger partial charge is 0.485 e. The zero-order chi connectivity index (χ0) is 42.8. The van der Waals surface area contributed by atoms with Crippen molar-refractivity contribution >= 4 is 97.4 Å². The molecule has 5 nitrogen and oxygen atoms in total. The average molecular weight is 858 g/mol. The van der Waals surface area contributed by atoms with Crippen molar-refractivity contribution in [3.05, 3.63) is 204 Å². The second-order valence-corrected chi connectivity index (χ2v) is 19.3. The summed E-state index contributed by atoms with van der Waals surface area (Å²) < 4.78 is 18.5. The maximum absolute atomic E-state index is 7.08. The van der Waals surface area contributed by atoms with Crippen molar-refractivity contribution in [2.75, 3.05) is 0 Å². The first kappa shape index (κ1) is 37.2. The molecule has 11 aromatic rings. The molecule has 5 unspecified atom stereocenters. The lowest BCUT2D eigenvalue weighted by molar-refractivity contribution is 0.224. The van der Waals surface area contributed by atoms with E-state index in [1.807, 2.05) is 17.4 Å². The van der Waals surface area contributed by atoms with E-state index in [4.69, 9.17) is 14.1 Å². The van der Waals surface area contributed by atoms with Gasteiger partial charge < -0.3 is 13.7 Å². The Balaban J connectivity index is 0.956. The van der Waals surface area contributed by atoms with Crippen molar-refractivity contribution in [3.8, 4) is 5.75 Å². The molecule has 3 aliphatic rings. The van der Waals surface area contributed by atoms with E-state index in [9.17, 15) is 0 Å². The first-order valence-electron chi connectivity index (χ1n) is 22.9. The normalized spacial score (nSPS) is 21.9. The lowest BCUT2D eigenvalue weighted by Crippen LogP contribution is -2.45. The molecule has 1 aliphatic carbocycles. The number of rotatable bonds is 4. The zero-order valence-corrected chi connectivity index (χ0v) is 36.6. The summed E-state index contributed by atoms with van der Waals surface area (Å²) >= 11 is 1.86. The minimum atomic E-state index is -0.345. The quantitative estimate of drug-likeness (QED) is 0.192. The van der Waals surface area contributed by atoms with Gasteiger partial charge in [0.05, 0.1) is 11.0 Å². The maximum atomic E-state index is 7.08. The molecule has 5 atom stereocenters. The molecule has 65 heavy (non-hydrogen) atoms. The Kier molecular flexibility index (Phi) is 8.22. The van der Waals surface area contributed by atoms with Gasteiger partial charge >= 0.3 is 0 Å². The van der Waals surface area contributed by atoms with E-state index in [0.29, 0.717) is 0 Å². The predicted octanol–water partition coefficient (Wildman–Crippen LogP) is 15.1. The Morgan fingerprint density at radius 2 is 1.38 bits per heavy atom. The molecule has 3 aromatic heterocycles. The van der Waals surface area contributed by atoms with E-state index < -0.39 is 0 Å². The Bertz CT molecular complexity index is 3860. The molecule has 2 aliphatic heterocycles. The van der Waals surface area contributed by atoms with E-state index >= 15 is 0 Å². The van der Waals surface area contributed by atoms with Gasteiger partial charge in [0.2, 0.25) is 0 Å². The molecule has 0 fully saturated rings. The van der Waals surface area contributed by atoms with Crippen LogP contribution in [0.4, 0.5) is 0 Å². The van der Waals surface area contributed by atoms with Crippen molar-refractivity contribution in [2.24, 2.45) is 10.9 Å². The van der Waals surface area contributed by atoms with Crippen LogP contribution in [0, 0.1) is 5.92 Å². The Morgan fingerprint density at radius 3 is 2.31 bits per heavy atom. The standard InChI is InChI=1S/C59H43N3O2S/c1-34-22-25-49(37-24-27-56-46(29-37)43-17-7-11-21-55(43)65-56)60-59(38-23-26-54-45(30-38)41-15-5-9-19-52(41)63-54)61-57(34)48-33-39(32-47-42-16-6-10-20-53(42)64-58(47)48)62-50-18-8-4-14-40(50)44-28-35-12-2-3-13-36(35)31-51(44)62/h2-21,23-24,26-34,47,57-59,61H,22,25H2,1H3/b60-49+. The molecular formula is C59H43N3O2S. The molecule has 6 heteroatoms. The third-order valence-corrected chi connectivity index (χ3v) is 15.6. The summed E-state index contributed by atoms with van der Waals surface area (Å²) in [5.74, 6) is 1.24. The van der Waals surface area contributed by atoms with Crippen LogP contribution >= 0.6 is 11.3 Å². The molecule has 0 radical (unpaired) electrons. The van der Waals surface area contributed by atoms with Gasteiger partial charge in [-0.05, 0) is 119 Å². The van der Waals surface area contributed by atoms with Crippen LogP contribution in [0.25, 0.3) is 80.4 Å². The molecule has 0 amide bonds. The fourth-order valence-electron chi connectivity index (χ4n) is 11.3. The van der Waals surface area contributed by atoms with Gasteiger partial charge in [-0.15, -0.1) is 11.3 Å². The molecule has 8 aromatic carbocycles. The first-order chi connectivity index (χ1) is 32.1. The number of thiophene rings is 1. The highest BCUT2D eigenvalue weighted by Gasteiger charge is 2.43. The van der Waals surface area contributed by atoms with Crippen molar-refractivity contribution in [2.45, 2.75) is 44.0 Å². The van der Waals surface area contributed by atoms with Crippen LogP contribution in [-0.4, -0.2) is 22.4 Å². The number of furan rings is 1. The monoisotopic (exact) mass is 857 g/mol. The van der Waals surface area contributed by atoms with E-state index in [1.165, 1.54) is 75.1 Å². The number of ether oxygens (including phenoxy) is 1. The topological polar surface area (TPSA) is 51.7 Å². The number of benzene rings is 8. The summed E-state index contributed by atoms with van der Waals surface area (Å²) in [4.78, 5) is 5.79. The number of nitrogens with zero attached hydrogens (tertiary/aromatic N) is 2. The highest BCUT2D eigenvalue weighted by atomic mass is 32.1. The highest BCUT2D eigenvalue weighted by Crippen LogP contribution is 2.49. The summed E-state index contributed by atoms with van der Waals surface area (Å²) in [5.41, 5.74) is 11.3. The Hall–Kier alpha value is -7.25. The van der Waals surface area contributed by atoms with Gasteiger partial charge in [0.1, 0.15) is 29.2 Å². The molecular weight excluding hydrogens is 815 g/mol. The van der Waals surface area contributed by atoms with Gasteiger partial charge in [0, 0.05) is 70.6 Å². The number of fused-ring (bicyclic) bond motifs is 13. The van der Waals surface area contributed by atoms with E-state index in [2.05, 4.69) is 193 Å².